The van der Waals surface area contributed by atoms with E-state index in [4.69, 9.17) is 0 Å². The number of benzene rings is 3. The highest BCUT2D eigenvalue weighted by atomic mass is 16.3. The van der Waals surface area contributed by atoms with Crippen LogP contribution in [0.1, 0.15) is 11.1 Å². The first-order chi connectivity index (χ1) is 9.74. The monoisotopic (exact) mass is 263 g/mol. The van der Waals surface area contributed by atoms with Crippen LogP contribution in [0.2, 0.25) is 0 Å². The third kappa shape index (κ3) is 2.45. The second-order valence-corrected chi connectivity index (χ2v) is 4.99. The van der Waals surface area contributed by atoms with E-state index < -0.39 is 0 Å². The summed E-state index contributed by atoms with van der Waals surface area (Å²) in [6, 6.07) is 20.3. The van der Waals surface area contributed by atoms with Crippen molar-refractivity contribution in [3.05, 3.63) is 71.8 Å². The molecule has 0 aromatic heterocycles. The molecule has 3 rings (SSSR count). The average molecular weight is 263 g/mol. The fraction of sp³-hybridized carbons (Fsp3) is 0.111. The second kappa shape index (κ2) is 5.25. The molecule has 0 aliphatic heterocycles. The van der Waals surface area contributed by atoms with Crippen LogP contribution >= 0.6 is 0 Å². The summed E-state index contributed by atoms with van der Waals surface area (Å²) >= 11 is 0. The highest BCUT2D eigenvalue weighted by molar-refractivity contribution is 5.85. The minimum absolute atomic E-state index is 0.334. The number of fused-ring (bicyclic) bond motifs is 1. The van der Waals surface area contributed by atoms with E-state index in [1.165, 1.54) is 16.3 Å². The quantitative estimate of drug-likeness (QED) is 0.683. The van der Waals surface area contributed by atoms with Gasteiger partial charge in [-0.1, -0.05) is 42.5 Å². The molecule has 0 amide bonds. The molecule has 0 heterocycles. The molecule has 0 saturated carbocycles. The molecule has 0 unspecified atom stereocenters. The molecule has 2 heteroatoms. The first-order valence-corrected chi connectivity index (χ1v) is 6.74. The first kappa shape index (κ1) is 12.5. The predicted octanol–water partition coefficient (Wildman–Crippen LogP) is 4.47. The van der Waals surface area contributed by atoms with Gasteiger partial charge in [0.25, 0.3) is 0 Å². The third-order valence-corrected chi connectivity index (χ3v) is 3.56. The van der Waals surface area contributed by atoms with Crippen molar-refractivity contribution in [2.75, 3.05) is 5.32 Å². The third-order valence-electron chi connectivity index (χ3n) is 3.56. The number of nitrogens with one attached hydrogen (secondary N) is 1. The van der Waals surface area contributed by atoms with Crippen LogP contribution in [-0.2, 0) is 6.54 Å². The molecule has 0 radical (unpaired) electrons. The molecular formula is C18H17NO. The van der Waals surface area contributed by atoms with Crippen molar-refractivity contribution >= 4 is 16.5 Å². The maximum absolute atomic E-state index is 9.54. The van der Waals surface area contributed by atoms with Gasteiger partial charge in [0.05, 0.1) is 0 Å². The minimum Gasteiger partial charge on any atom is -0.508 e. The largest absolute Gasteiger partial charge is 0.508 e. The number of hydrogen-bond donors (Lipinski definition) is 2. The maximum Gasteiger partial charge on any atom is 0.118 e. The van der Waals surface area contributed by atoms with Crippen molar-refractivity contribution in [2.45, 2.75) is 13.5 Å². The summed E-state index contributed by atoms with van der Waals surface area (Å²) in [5.41, 5.74) is 3.18. The van der Waals surface area contributed by atoms with E-state index in [1.807, 2.05) is 19.1 Å². The molecule has 2 nitrogen and oxygen atoms in total. The number of aryl methyl sites for hydroxylation is 1. The number of phenols is 1. The van der Waals surface area contributed by atoms with Gasteiger partial charge in [-0.2, -0.15) is 0 Å². The number of rotatable bonds is 3. The number of hydrogen-bond acceptors (Lipinski definition) is 2. The standard InChI is InChI=1S/C18H17NO/c1-13-11-16(9-10-18(13)20)19-12-15-7-4-6-14-5-2-3-8-17(14)15/h2-11,19-20H,12H2,1H3. The van der Waals surface area contributed by atoms with E-state index in [0.717, 1.165) is 17.8 Å². The molecule has 3 aromatic rings. The Hall–Kier alpha value is -2.48. The fourth-order valence-electron chi connectivity index (χ4n) is 2.41. The topological polar surface area (TPSA) is 32.3 Å². The molecule has 20 heavy (non-hydrogen) atoms. The number of anilines is 1. The van der Waals surface area contributed by atoms with Crippen LogP contribution in [0.3, 0.4) is 0 Å². The van der Waals surface area contributed by atoms with Crippen molar-refractivity contribution in [1.82, 2.24) is 0 Å². The van der Waals surface area contributed by atoms with E-state index >= 15 is 0 Å². The van der Waals surface area contributed by atoms with Crippen molar-refractivity contribution in [3.8, 4) is 5.75 Å². The Morgan fingerprint density at radius 3 is 2.60 bits per heavy atom. The highest BCUT2D eigenvalue weighted by Crippen LogP contribution is 2.22. The van der Waals surface area contributed by atoms with E-state index in [9.17, 15) is 5.11 Å². The molecule has 100 valence electrons. The van der Waals surface area contributed by atoms with E-state index in [0.29, 0.717) is 5.75 Å². The summed E-state index contributed by atoms with van der Waals surface area (Å²) in [7, 11) is 0. The lowest BCUT2D eigenvalue weighted by Gasteiger charge is -2.10. The SMILES string of the molecule is Cc1cc(NCc2cccc3ccccc23)ccc1O. The Morgan fingerprint density at radius 2 is 1.75 bits per heavy atom. The summed E-state index contributed by atoms with van der Waals surface area (Å²) in [5.74, 6) is 0.334. The zero-order valence-corrected chi connectivity index (χ0v) is 11.4. The van der Waals surface area contributed by atoms with E-state index in [2.05, 4.69) is 47.8 Å². The summed E-state index contributed by atoms with van der Waals surface area (Å²) in [6.45, 7) is 2.67. The molecule has 0 aliphatic rings. The van der Waals surface area contributed by atoms with E-state index in [1.54, 1.807) is 6.07 Å². The van der Waals surface area contributed by atoms with Crippen molar-refractivity contribution in [3.63, 3.8) is 0 Å². The zero-order valence-electron chi connectivity index (χ0n) is 11.4. The van der Waals surface area contributed by atoms with Crippen LogP contribution in [0.25, 0.3) is 10.8 Å². The number of phenolic OH excluding ortho intramolecular Hbond substituents is 1. The van der Waals surface area contributed by atoms with Crippen molar-refractivity contribution in [2.24, 2.45) is 0 Å². The summed E-state index contributed by atoms with van der Waals surface area (Å²) < 4.78 is 0. The molecule has 2 N–H and O–H groups in total. The minimum atomic E-state index is 0.334. The number of aromatic hydroxyl groups is 1. The second-order valence-electron chi connectivity index (χ2n) is 4.99. The zero-order chi connectivity index (χ0) is 13.9. The molecular weight excluding hydrogens is 246 g/mol. The lowest BCUT2D eigenvalue weighted by molar-refractivity contribution is 0.471. The fourth-order valence-corrected chi connectivity index (χ4v) is 2.41. The lowest BCUT2D eigenvalue weighted by Crippen LogP contribution is -2.00. The first-order valence-electron chi connectivity index (χ1n) is 6.74. The molecule has 0 aliphatic carbocycles. The summed E-state index contributed by atoms with van der Waals surface area (Å²) in [6.07, 6.45) is 0. The van der Waals surface area contributed by atoms with Gasteiger partial charge < -0.3 is 10.4 Å². The van der Waals surface area contributed by atoms with Crippen LogP contribution in [0, 0.1) is 6.92 Å². The van der Waals surface area contributed by atoms with Gasteiger partial charge in [0, 0.05) is 12.2 Å². The predicted molar refractivity (Wildman–Crippen MR) is 84.1 cm³/mol. The average Bonchev–Trinajstić information content (AvgIpc) is 2.48. The van der Waals surface area contributed by atoms with Crippen molar-refractivity contribution in [1.29, 1.82) is 0 Å². The molecule has 0 spiro atoms. The van der Waals surface area contributed by atoms with Crippen LogP contribution < -0.4 is 5.32 Å². The van der Waals surface area contributed by atoms with Gasteiger partial charge in [0.2, 0.25) is 0 Å². The van der Waals surface area contributed by atoms with Gasteiger partial charge in [-0.3, -0.25) is 0 Å². The van der Waals surface area contributed by atoms with Crippen LogP contribution in [0.4, 0.5) is 5.69 Å². The maximum atomic E-state index is 9.54. The van der Waals surface area contributed by atoms with Gasteiger partial charge in [0.1, 0.15) is 5.75 Å². The highest BCUT2D eigenvalue weighted by Gasteiger charge is 2.01. The molecule has 0 bridgehead atoms. The van der Waals surface area contributed by atoms with Gasteiger partial charge >= 0.3 is 0 Å². The Bertz CT molecular complexity index is 744. The smallest absolute Gasteiger partial charge is 0.118 e. The lowest BCUT2D eigenvalue weighted by atomic mass is 10.0. The van der Waals surface area contributed by atoms with Gasteiger partial charge in [-0.15, -0.1) is 0 Å². The van der Waals surface area contributed by atoms with Crippen LogP contribution in [0.15, 0.2) is 60.7 Å². The summed E-state index contributed by atoms with van der Waals surface area (Å²) in [4.78, 5) is 0. The molecule has 0 saturated heterocycles. The molecule has 0 atom stereocenters. The van der Waals surface area contributed by atoms with Crippen LogP contribution in [0.5, 0.6) is 5.75 Å². The van der Waals surface area contributed by atoms with Gasteiger partial charge in [0.15, 0.2) is 0 Å². The Balaban J connectivity index is 1.85. The van der Waals surface area contributed by atoms with Gasteiger partial charge in [-0.25, -0.2) is 0 Å². The molecule has 3 aromatic carbocycles. The Morgan fingerprint density at radius 1 is 0.950 bits per heavy atom. The Kier molecular flexibility index (Phi) is 3.30. The molecule has 0 fully saturated rings. The van der Waals surface area contributed by atoms with Crippen LogP contribution in [-0.4, -0.2) is 5.11 Å². The summed E-state index contributed by atoms with van der Waals surface area (Å²) in [5, 5.41) is 15.5. The van der Waals surface area contributed by atoms with Gasteiger partial charge in [-0.05, 0) is 47.0 Å². The van der Waals surface area contributed by atoms with E-state index in [-0.39, 0.29) is 0 Å². The normalized spacial score (nSPS) is 10.7. The van der Waals surface area contributed by atoms with Crippen molar-refractivity contribution < 1.29 is 5.11 Å². The Labute approximate surface area is 118 Å².